The number of carbonyl (C=O) groups is 1. The first kappa shape index (κ1) is 11.9. The first-order valence-electron chi connectivity index (χ1n) is 5.74. The number of benzene rings is 1. The summed E-state index contributed by atoms with van der Waals surface area (Å²) in [7, 11) is 0. The highest BCUT2D eigenvalue weighted by Crippen LogP contribution is 2.27. The van der Waals surface area contributed by atoms with Gasteiger partial charge in [0, 0.05) is 25.6 Å². The normalized spacial score (nSPS) is 17.1. The molecule has 1 amide bonds. The van der Waals surface area contributed by atoms with Crippen molar-refractivity contribution in [3.05, 3.63) is 29.8 Å². The van der Waals surface area contributed by atoms with E-state index in [9.17, 15) is 4.79 Å². The lowest BCUT2D eigenvalue weighted by molar-refractivity contribution is -0.119. The number of hydrazine groups is 1. The lowest BCUT2D eigenvalue weighted by atomic mass is 10.0. The molecule has 1 heterocycles. The highest BCUT2D eigenvalue weighted by Gasteiger charge is 2.22. The van der Waals surface area contributed by atoms with E-state index >= 15 is 0 Å². The van der Waals surface area contributed by atoms with Crippen LogP contribution in [0.3, 0.4) is 0 Å². The van der Waals surface area contributed by atoms with Gasteiger partial charge in [-0.15, -0.1) is 0 Å². The number of hydrogen-bond donors (Lipinski definition) is 3. The molecule has 1 fully saturated rings. The minimum absolute atomic E-state index is 0.0236. The molecule has 1 saturated heterocycles. The van der Waals surface area contributed by atoms with Crippen LogP contribution in [0.4, 0.5) is 5.69 Å². The SMILES string of the molecule is NC(CCO)c1ccccc1N1CCC(=O)N1. The summed E-state index contributed by atoms with van der Waals surface area (Å²) in [5.41, 5.74) is 10.7. The van der Waals surface area contributed by atoms with Gasteiger partial charge in [-0.25, -0.2) is 0 Å². The van der Waals surface area contributed by atoms with Crippen molar-refractivity contribution in [2.45, 2.75) is 18.9 Å². The Morgan fingerprint density at radius 2 is 2.24 bits per heavy atom. The van der Waals surface area contributed by atoms with E-state index in [2.05, 4.69) is 5.43 Å². The van der Waals surface area contributed by atoms with Gasteiger partial charge in [0.05, 0.1) is 5.69 Å². The molecular weight excluding hydrogens is 218 g/mol. The van der Waals surface area contributed by atoms with E-state index in [-0.39, 0.29) is 18.6 Å². The number of rotatable bonds is 4. The molecule has 17 heavy (non-hydrogen) atoms. The second-order valence-electron chi connectivity index (χ2n) is 4.11. The fourth-order valence-electron chi connectivity index (χ4n) is 2.00. The monoisotopic (exact) mass is 235 g/mol. The third-order valence-electron chi connectivity index (χ3n) is 2.89. The molecule has 0 aromatic heterocycles. The van der Waals surface area contributed by atoms with Crippen molar-refractivity contribution in [3.63, 3.8) is 0 Å². The van der Waals surface area contributed by atoms with Gasteiger partial charge >= 0.3 is 0 Å². The van der Waals surface area contributed by atoms with Crippen molar-refractivity contribution in [1.29, 1.82) is 0 Å². The molecule has 0 aliphatic carbocycles. The van der Waals surface area contributed by atoms with Crippen LogP contribution in [0.5, 0.6) is 0 Å². The number of hydrogen-bond acceptors (Lipinski definition) is 4. The molecule has 0 saturated carbocycles. The summed E-state index contributed by atoms with van der Waals surface area (Å²) >= 11 is 0. The summed E-state index contributed by atoms with van der Waals surface area (Å²) in [6.07, 6.45) is 1.02. The standard InChI is InChI=1S/C12H17N3O2/c13-10(6-8-16)9-3-1-2-4-11(9)15-7-5-12(17)14-15/h1-4,10,16H,5-8,13H2,(H,14,17). The maximum Gasteiger partial charge on any atom is 0.240 e. The Morgan fingerprint density at radius 1 is 1.47 bits per heavy atom. The molecule has 0 spiro atoms. The molecule has 1 aliphatic rings. The van der Waals surface area contributed by atoms with Gasteiger partial charge in [-0.1, -0.05) is 18.2 Å². The zero-order chi connectivity index (χ0) is 12.3. The second-order valence-corrected chi connectivity index (χ2v) is 4.11. The fourth-order valence-corrected chi connectivity index (χ4v) is 2.00. The Labute approximate surface area is 100 Å². The molecule has 1 atom stereocenters. The first-order chi connectivity index (χ1) is 8.22. The van der Waals surface area contributed by atoms with Crippen LogP contribution in [-0.2, 0) is 4.79 Å². The van der Waals surface area contributed by atoms with E-state index in [4.69, 9.17) is 10.8 Å². The van der Waals surface area contributed by atoms with Gasteiger partial charge in [0.15, 0.2) is 0 Å². The van der Waals surface area contributed by atoms with Crippen LogP contribution in [0.25, 0.3) is 0 Å². The van der Waals surface area contributed by atoms with Crippen LogP contribution < -0.4 is 16.2 Å². The molecular formula is C12H17N3O2. The highest BCUT2D eigenvalue weighted by atomic mass is 16.3. The summed E-state index contributed by atoms with van der Waals surface area (Å²) in [5.74, 6) is 0.0236. The van der Waals surface area contributed by atoms with Crippen LogP contribution in [0.15, 0.2) is 24.3 Å². The molecule has 0 bridgehead atoms. The maximum absolute atomic E-state index is 11.2. The highest BCUT2D eigenvalue weighted by molar-refractivity contribution is 5.82. The van der Waals surface area contributed by atoms with Crippen LogP contribution >= 0.6 is 0 Å². The Balaban J connectivity index is 2.24. The minimum atomic E-state index is -0.214. The Bertz CT molecular complexity index is 408. The number of nitrogens with one attached hydrogen (secondary N) is 1. The average molecular weight is 235 g/mol. The molecule has 1 unspecified atom stereocenters. The number of carbonyl (C=O) groups excluding carboxylic acids is 1. The van der Waals surface area contributed by atoms with Gasteiger partial charge in [-0.3, -0.25) is 15.2 Å². The summed E-state index contributed by atoms with van der Waals surface area (Å²) < 4.78 is 0. The fraction of sp³-hybridized carbons (Fsp3) is 0.417. The molecule has 5 heteroatoms. The summed E-state index contributed by atoms with van der Waals surface area (Å²) in [6, 6.07) is 7.47. The van der Waals surface area contributed by atoms with E-state index < -0.39 is 0 Å². The van der Waals surface area contributed by atoms with Crippen LogP contribution in [0.1, 0.15) is 24.4 Å². The van der Waals surface area contributed by atoms with E-state index in [0.29, 0.717) is 19.4 Å². The van der Waals surface area contributed by atoms with Gasteiger partial charge in [-0.05, 0) is 18.1 Å². The summed E-state index contributed by atoms with van der Waals surface area (Å²) in [5, 5.41) is 10.7. The van der Waals surface area contributed by atoms with Crippen molar-refractivity contribution >= 4 is 11.6 Å². The summed E-state index contributed by atoms with van der Waals surface area (Å²) in [6.45, 7) is 0.712. The Hall–Kier alpha value is -1.59. The number of nitrogens with zero attached hydrogens (tertiary/aromatic N) is 1. The summed E-state index contributed by atoms with van der Waals surface area (Å²) in [4.78, 5) is 11.2. The van der Waals surface area contributed by atoms with Crippen LogP contribution in [-0.4, -0.2) is 24.2 Å². The lowest BCUT2D eigenvalue weighted by Crippen LogP contribution is -2.34. The third kappa shape index (κ3) is 2.57. The topological polar surface area (TPSA) is 78.6 Å². The van der Waals surface area contributed by atoms with E-state index in [0.717, 1.165) is 11.3 Å². The molecule has 5 nitrogen and oxygen atoms in total. The smallest absolute Gasteiger partial charge is 0.240 e. The van der Waals surface area contributed by atoms with Gasteiger partial charge in [0.2, 0.25) is 5.91 Å². The number of amides is 1. The van der Waals surface area contributed by atoms with Gasteiger partial charge in [-0.2, -0.15) is 0 Å². The van der Waals surface area contributed by atoms with Crippen LogP contribution in [0.2, 0.25) is 0 Å². The molecule has 0 radical (unpaired) electrons. The average Bonchev–Trinajstić information content (AvgIpc) is 2.76. The molecule has 1 aromatic rings. The number of aliphatic hydroxyl groups is 1. The van der Waals surface area contributed by atoms with Crippen molar-refractivity contribution < 1.29 is 9.90 Å². The molecule has 1 aromatic carbocycles. The largest absolute Gasteiger partial charge is 0.396 e. The van der Waals surface area contributed by atoms with Gasteiger partial charge in [0.25, 0.3) is 0 Å². The predicted molar refractivity (Wildman–Crippen MR) is 65.2 cm³/mol. The molecule has 1 aliphatic heterocycles. The maximum atomic E-state index is 11.2. The number of para-hydroxylation sites is 1. The van der Waals surface area contributed by atoms with Gasteiger partial charge < -0.3 is 10.8 Å². The first-order valence-corrected chi connectivity index (χ1v) is 5.74. The Morgan fingerprint density at radius 3 is 2.88 bits per heavy atom. The van der Waals surface area contributed by atoms with Crippen molar-refractivity contribution in [3.8, 4) is 0 Å². The van der Waals surface area contributed by atoms with Crippen LogP contribution in [0, 0.1) is 0 Å². The number of anilines is 1. The van der Waals surface area contributed by atoms with E-state index in [1.807, 2.05) is 29.3 Å². The number of nitrogens with two attached hydrogens (primary N) is 1. The van der Waals surface area contributed by atoms with Gasteiger partial charge in [0.1, 0.15) is 0 Å². The third-order valence-corrected chi connectivity index (χ3v) is 2.89. The minimum Gasteiger partial charge on any atom is -0.396 e. The zero-order valence-electron chi connectivity index (χ0n) is 9.60. The lowest BCUT2D eigenvalue weighted by Gasteiger charge is -2.23. The van der Waals surface area contributed by atoms with E-state index in [1.54, 1.807) is 0 Å². The zero-order valence-corrected chi connectivity index (χ0v) is 9.60. The van der Waals surface area contributed by atoms with Crippen molar-refractivity contribution in [2.75, 3.05) is 18.2 Å². The molecule has 92 valence electrons. The second kappa shape index (κ2) is 5.16. The number of aliphatic hydroxyl groups excluding tert-OH is 1. The van der Waals surface area contributed by atoms with Crippen molar-refractivity contribution in [1.82, 2.24) is 5.43 Å². The van der Waals surface area contributed by atoms with E-state index in [1.165, 1.54) is 0 Å². The Kier molecular flexibility index (Phi) is 3.61. The van der Waals surface area contributed by atoms with Crippen molar-refractivity contribution in [2.24, 2.45) is 5.73 Å². The molecule has 2 rings (SSSR count). The molecule has 4 N–H and O–H groups in total. The quantitative estimate of drug-likeness (QED) is 0.702. The predicted octanol–water partition coefficient (Wildman–Crippen LogP) is 0.310.